The van der Waals surface area contributed by atoms with Gasteiger partial charge in [0.1, 0.15) is 11.9 Å². The van der Waals surface area contributed by atoms with Crippen molar-refractivity contribution in [3.8, 4) is 6.07 Å². The summed E-state index contributed by atoms with van der Waals surface area (Å²) in [5, 5.41) is 22.9. The van der Waals surface area contributed by atoms with E-state index in [9.17, 15) is 10.1 Å². The fraction of sp³-hybridized carbons (Fsp3) is 0.393. The van der Waals surface area contributed by atoms with E-state index in [1.807, 2.05) is 43.9 Å². The van der Waals surface area contributed by atoms with Crippen molar-refractivity contribution in [1.82, 2.24) is 25.1 Å². The summed E-state index contributed by atoms with van der Waals surface area (Å²) in [6.45, 7) is 7.79. The topological polar surface area (TPSA) is 112 Å². The number of aryl methyl sites for hydroxylation is 1. The number of amides is 1. The number of piperidine rings is 1. The van der Waals surface area contributed by atoms with Gasteiger partial charge in [0.25, 0.3) is 0 Å². The minimum absolute atomic E-state index is 0.0171. The van der Waals surface area contributed by atoms with Gasteiger partial charge in [0.05, 0.1) is 23.5 Å². The third-order valence-corrected chi connectivity index (χ3v) is 7.21. The molecule has 2 saturated heterocycles. The standard InChI is InChI=1S/C28H32N8O2/c1-19(14-29)27-24(13-21(18-36(27)30-2)22-16-32-34(3)17-22)20-6-7-26(31-15-20)35-10-8-23(9-11-35)33-28(37)25-5-4-12-38-25/h6-7,13,15-18,23,25H,2,4-5,8-12H2,1,3H3,(H,33,37)/b27-19+/t25-/m1/s1. The summed E-state index contributed by atoms with van der Waals surface area (Å²) < 4.78 is 7.25. The molecule has 5 heterocycles. The van der Waals surface area contributed by atoms with E-state index in [1.165, 1.54) is 0 Å². The summed E-state index contributed by atoms with van der Waals surface area (Å²) in [6, 6.07) is 6.45. The second kappa shape index (κ2) is 11.0. The molecule has 10 heteroatoms. The summed E-state index contributed by atoms with van der Waals surface area (Å²) in [7, 11) is 1.87. The first-order valence-electron chi connectivity index (χ1n) is 12.9. The molecule has 0 aliphatic carbocycles. The average molecular weight is 513 g/mol. The normalized spacial score (nSPS) is 21.4. The summed E-state index contributed by atoms with van der Waals surface area (Å²) in [5.74, 6) is 0.904. The number of carbonyl (C=O) groups is 1. The van der Waals surface area contributed by atoms with Crippen molar-refractivity contribution in [3.05, 3.63) is 65.4 Å². The maximum absolute atomic E-state index is 12.4. The molecular formula is C28H32N8O2. The number of anilines is 1. The molecule has 2 fully saturated rings. The van der Waals surface area contributed by atoms with Crippen LogP contribution >= 0.6 is 0 Å². The maximum atomic E-state index is 12.4. The first-order chi connectivity index (χ1) is 18.5. The zero-order valence-electron chi connectivity index (χ0n) is 21.8. The van der Waals surface area contributed by atoms with Crippen LogP contribution in [0, 0.1) is 11.3 Å². The highest BCUT2D eigenvalue weighted by Gasteiger charge is 2.28. The first kappa shape index (κ1) is 25.4. The molecule has 5 rings (SSSR count). The SMILES string of the molecule is C=NN1C=C(c2cnn(C)c2)C=C(c2ccc(N3CCC(NC(=O)[C@H]4CCCO4)CC3)nc2)/C1=C(/C)C#N. The molecule has 1 N–H and O–H groups in total. The molecule has 0 unspecified atom stereocenters. The van der Waals surface area contributed by atoms with Crippen molar-refractivity contribution in [2.75, 3.05) is 24.6 Å². The van der Waals surface area contributed by atoms with Gasteiger partial charge in [0.2, 0.25) is 5.91 Å². The van der Waals surface area contributed by atoms with Gasteiger partial charge in [-0.25, -0.2) is 9.99 Å². The van der Waals surface area contributed by atoms with E-state index in [2.05, 4.69) is 33.2 Å². The lowest BCUT2D eigenvalue weighted by Gasteiger charge is -2.33. The number of pyridine rings is 1. The van der Waals surface area contributed by atoms with Gasteiger partial charge in [-0.3, -0.25) is 9.48 Å². The fourth-order valence-corrected chi connectivity index (χ4v) is 5.13. The summed E-state index contributed by atoms with van der Waals surface area (Å²) in [6.07, 6.45) is 12.6. The molecule has 2 aromatic heterocycles. The predicted molar refractivity (Wildman–Crippen MR) is 145 cm³/mol. The number of hydrogen-bond donors (Lipinski definition) is 1. The minimum atomic E-state index is -0.291. The summed E-state index contributed by atoms with van der Waals surface area (Å²) >= 11 is 0. The fourth-order valence-electron chi connectivity index (χ4n) is 5.13. The molecular weight excluding hydrogens is 480 g/mol. The molecule has 38 heavy (non-hydrogen) atoms. The van der Waals surface area contributed by atoms with Crippen LogP contribution in [0.2, 0.25) is 0 Å². The number of hydrogen-bond acceptors (Lipinski definition) is 8. The highest BCUT2D eigenvalue weighted by atomic mass is 16.5. The second-order valence-electron chi connectivity index (χ2n) is 9.79. The number of ether oxygens (including phenoxy) is 1. The number of carbonyl (C=O) groups excluding carboxylic acids is 1. The number of nitrogens with zero attached hydrogens (tertiary/aromatic N) is 7. The predicted octanol–water partition coefficient (Wildman–Crippen LogP) is 3.23. The molecule has 3 aliphatic rings. The van der Waals surface area contributed by atoms with Crippen LogP contribution in [0.5, 0.6) is 0 Å². The lowest BCUT2D eigenvalue weighted by atomic mass is 9.94. The van der Waals surface area contributed by atoms with Gasteiger partial charge in [0, 0.05) is 80.4 Å². The van der Waals surface area contributed by atoms with Crippen molar-refractivity contribution in [2.24, 2.45) is 12.1 Å². The van der Waals surface area contributed by atoms with E-state index in [0.29, 0.717) is 17.9 Å². The van der Waals surface area contributed by atoms with Crippen LogP contribution in [0.4, 0.5) is 5.82 Å². The van der Waals surface area contributed by atoms with Crippen LogP contribution in [-0.2, 0) is 16.6 Å². The molecule has 0 saturated carbocycles. The van der Waals surface area contributed by atoms with Crippen molar-refractivity contribution >= 4 is 29.6 Å². The van der Waals surface area contributed by atoms with Crippen molar-refractivity contribution in [3.63, 3.8) is 0 Å². The van der Waals surface area contributed by atoms with Crippen LogP contribution in [0.25, 0.3) is 11.1 Å². The molecule has 0 radical (unpaired) electrons. The van der Waals surface area contributed by atoms with Crippen LogP contribution in [0.1, 0.15) is 43.7 Å². The van der Waals surface area contributed by atoms with E-state index >= 15 is 0 Å². The van der Waals surface area contributed by atoms with Crippen molar-refractivity contribution < 1.29 is 9.53 Å². The number of hydrazone groups is 1. The van der Waals surface area contributed by atoms with Gasteiger partial charge >= 0.3 is 0 Å². The first-order valence-corrected chi connectivity index (χ1v) is 12.9. The van der Waals surface area contributed by atoms with Crippen molar-refractivity contribution in [2.45, 2.75) is 44.8 Å². The van der Waals surface area contributed by atoms with Crippen molar-refractivity contribution in [1.29, 1.82) is 5.26 Å². The Kier molecular flexibility index (Phi) is 7.38. The summed E-state index contributed by atoms with van der Waals surface area (Å²) in [5.41, 5.74) is 4.76. The van der Waals surface area contributed by atoms with E-state index in [4.69, 9.17) is 9.72 Å². The van der Waals surface area contributed by atoms with E-state index in [1.54, 1.807) is 22.8 Å². The molecule has 3 aliphatic heterocycles. The van der Waals surface area contributed by atoms with Crippen LogP contribution in [-0.4, -0.2) is 64.2 Å². The zero-order chi connectivity index (χ0) is 26.6. The highest BCUT2D eigenvalue weighted by molar-refractivity contribution is 5.92. The largest absolute Gasteiger partial charge is 0.368 e. The Balaban J connectivity index is 1.33. The Morgan fingerprint density at radius 2 is 2.05 bits per heavy atom. The summed E-state index contributed by atoms with van der Waals surface area (Å²) in [4.78, 5) is 19.4. The Labute approximate surface area is 222 Å². The van der Waals surface area contributed by atoms with Gasteiger partial charge in [-0.2, -0.15) is 15.5 Å². The van der Waals surface area contributed by atoms with Gasteiger partial charge in [-0.05, 0) is 50.8 Å². The second-order valence-corrected chi connectivity index (χ2v) is 9.79. The maximum Gasteiger partial charge on any atom is 0.249 e. The number of rotatable bonds is 6. The van der Waals surface area contributed by atoms with Crippen LogP contribution in [0.15, 0.2) is 59.4 Å². The van der Waals surface area contributed by atoms with E-state index in [0.717, 1.165) is 66.9 Å². The quantitative estimate of drug-likeness (QED) is 0.467. The molecule has 1 atom stereocenters. The smallest absolute Gasteiger partial charge is 0.249 e. The molecule has 2 aromatic rings. The average Bonchev–Trinajstić information content (AvgIpc) is 3.65. The Bertz CT molecular complexity index is 1330. The molecule has 10 nitrogen and oxygen atoms in total. The Morgan fingerprint density at radius 3 is 2.66 bits per heavy atom. The lowest BCUT2D eigenvalue weighted by Crippen LogP contribution is -2.47. The van der Waals surface area contributed by atoms with Gasteiger partial charge in [-0.1, -0.05) is 0 Å². The molecule has 196 valence electrons. The van der Waals surface area contributed by atoms with Crippen LogP contribution in [0.3, 0.4) is 0 Å². The van der Waals surface area contributed by atoms with Gasteiger partial charge in [-0.15, -0.1) is 0 Å². The van der Waals surface area contributed by atoms with E-state index in [-0.39, 0.29) is 18.1 Å². The van der Waals surface area contributed by atoms with E-state index < -0.39 is 0 Å². The number of nitrogens with one attached hydrogen (secondary N) is 1. The molecule has 0 spiro atoms. The Hall–Kier alpha value is -4.23. The third kappa shape index (κ3) is 5.24. The lowest BCUT2D eigenvalue weighted by molar-refractivity contribution is -0.130. The van der Waals surface area contributed by atoms with Gasteiger partial charge < -0.3 is 15.0 Å². The van der Waals surface area contributed by atoms with Crippen LogP contribution < -0.4 is 10.2 Å². The zero-order valence-corrected chi connectivity index (χ0v) is 21.8. The Morgan fingerprint density at radius 1 is 1.24 bits per heavy atom. The number of allylic oxidation sites excluding steroid dienone is 4. The number of nitriles is 1. The molecule has 1 amide bonds. The molecule has 0 aromatic carbocycles. The van der Waals surface area contributed by atoms with Gasteiger partial charge in [0.15, 0.2) is 0 Å². The third-order valence-electron chi connectivity index (χ3n) is 7.21. The highest BCUT2D eigenvalue weighted by Crippen LogP contribution is 2.37. The monoisotopic (exact) mass is 512 g/mol. The minimum Gasteiger partial charge on any atom is -0.368 e. The molecule has 0 bridgehead atoms. The number of aromatic nitrogens is 3.